The lowest BCUT2D eigenvalue weighted by atomic mass is 9.95. The molecule has 2 heterocycles. The van der Waals surface area contributed by atoms with E-state index in [-0.39, 0.29) is 18.3 Å². The van der Waals surface area contributed by atoms with Crippen LogP contribution in [-0.4, -0.2) is 43.1 Å². The van der Waals surface area contributed by atoms with Crippen molar-refractivity contribution in [3.8, 4) is 0 Å². The molecule has 23 heavy (non-hydrogen) atoms. The summed E-state index contributed by atoms with van der Waals surface area (Å²) in [6.07, 6.45) is 1.02. The third-order valence-electron chi connectivity index (χ3n) is 5.03. The molecule has 3 aliphatic rings. The van der Waals surface area contributed by atoms with Gasteiger partial charge in [0.15, 0.2) is 12.1 Å². The van der Waals surface area contributed by atoms with Gasteiger partial charge < -0.3 is 23.7 Å². The van der Waals surface area contributed by atoms with Crippen molar-refractivity contribution < 1.29 is 23.7 Å². The van der Waals surface area contributed by atoms with Crippen molar-refractivity contribution in [1.29, 1.82) is 0 Å². The molecule has 1 aromatic rings. The molecule has 126 valence electrons. The predicted molar refractivity (Wildman–Crippen MR) is 82.7 cm³/mol. The minimum atomic E-state index is -0.613. The molecule has 2 saturated heterocycles. The van der Waals surface area contributed by atoms with Crippen LogP contribution >= 0.6 is 0 Å². The summed E-state index contributed by atoms with van der Waals surface area (Å²) in [6, 6.07) is 10.2. The second kappa shape index (κ2) is 5.53. The topological polar surface area (TPSA) is 46.2 Å². The van der Waals surface area contributed by atoms with Crippen LogP contribution in [0.4, 0.5) is 0 Å². The molecule has 4 rings (SSSR count). The molecule has 0 radical (unpaired) electrons. The maximum Gasteiger partial charge on any atom is 0.187 e. The lowest BCUT2D eigenvalue weighted by Crippen LogP contribution is -2.45. The van der Waals surface area contributed by atoms with Crippen molar-refractivity contribution in [2.45, 2.75) is 69.3 Å². The van der Waals surface area contributed by atoms with E-state index in [4.69, 9.17) is 23.7 Å². The molecule has 1 spiro atoms. The average molecular weight is 320 g/mol. The van der Waals surface area contributed by atoms with Crippen LogP contribution in [0.25, 0.3) is 0 Å². The van der Waals surface area contributed by atoms with Crippen LogP contribution in [0.3, 0.4) is 0 Å². The van der Waals surface area contributed by atoms with Gasteiger partial charge in [-0.05, 0) is 32.3 Å². The molecule has 5 heteroatoms. The first-order valence-electron chi connectivity index (χ1n) is 8.26. The first kappa shape index (κ1) is 15.5. The Hall–Kier alpha value is -0.980. The zero-order valence-corrected chi connectivity index (χ0v) is 13.9. The Morgan fingerprint density at radius 2 is 1.96 bits per heavy atom. The van der Waals surface area contributed by atoms with E-state index in [1.54, 1.807) is 7.11 Å². The average Bonchev–Trinajstić information content (AvgIpc) is 3.09. The van der Waals surface area contributed by atoms with Crippen molar-refractivity contribution in [3.05, 3.63) is 35.9 Å². The summed E-state index contributed by atoms with van der Waals surface area (Å²) in [4.78, 5) is 0. The number of hydrogen-bond acceptors (Lipinski definition) is 5. The van der Waals surface area contributed by atoms with Gasteiger partial charge >= 0.3 is 0 Å². The van der Waals surface area contributed by atoms with E-state index in [9.17, 15) is 0 Å². The SMILES string of the molecule is COC1O[C@@H]2[C@H](OCc3ccccc3)CC[C@@]23OC(C)(C)O[C@@H]13. The number of hydrogen-bond donors (Lipinski definition) is 0. The van der Waals surface area contributed by atoms with Crippen LogP contribution in [0.1, 0.15) is 32.3 Å². The fourth-order valence-electron chi connectivity index (χ4n) is 4.17. The molecule has 0 amide bonds. The van der Waals surface area contributed by atoms with E-state index in [1.165, 1.54) is 0 Å². The molecule has 2 aliphatic heterocycles. The number of rotatable bonds is 4. The van der Waals surface area contributed by atoms with Gasteiger partial charge in [-0.3, -0.25) is 0 Å². The Balaban J connectivity index is 1.50. The van der Waals surface area contributed by atoms with Crippen LogP contribution in [0.5, 0.6) is 0 Å². The molecule has 5 nitrogen and oxygen atoms in total. The molecular weight excluding hydrogens is 296 g/mol. The highest BCUT2D eigenvalue weighted by Crippen LogP contribution is 2.54. The minimum absolute atomic E-state index is 0.00430. The van der Waals surface area contributed by atoms with Crippen LogP contribution in [0.2, 0.25) is 0 Å². The van der Waals surface area contributed by atoms with E-state index in [2.05, 4.69) is 12.1 Å². The van der Waals surface area contributed by atoms with Crippen molar-refractivity contribution in [2.75, 3.05) is 7.11 Å². The Morgan fingerprint density at radius 1 is 1.17 bits per heavy atom. The molecule has 0 aromatic heterocycles. The lowest BCUT2D eigenvalue weighted by Gasteiger charge is -2.29. The molecule has 1 aliphatic carbocycles. The van der Waals surface area contributed by atoms with Crippen LogP contribution in [-0.2, 0) is 30.3 Å². The molecular formula is C18H24O5. The van der Waals surface area contributed by atoms with Crippen molar-refractivity contribution in [2.24, 2.45) is 0 Å². The molecule has 3 fully saturated rings. The Morgan fingerprint density at radius 3 is 2.70 bits per heavy atom. The Labute approximate surface area is 136 Å². The summed E-state index contributed by atoms with van der Waals surface area (Å²) in [6.45, 7) is 4.47. The first-order valence-corrected chi connectivity index (χ1v) is 8.26. The highest BCUT2D eigenvalue weighted by atomic mass is 16.8. The van der Waals surface area contributed by atoms with Crippen molar-refractivity contribution in [3.63, 3.8) is 0 Å². The third-order valence-corrected chi connectivity index (χ3v) is 5.03. The third kappa shape index (κ3) is 2.51. The normalized spacial score (nSPS) is 41.0. The molecule has 5 atom stereocenters. The molecule has 1 unspecified atom stereocenters. The maximum atomic E-state index is 6.29. The maximum absolute atomic E-state index is 6.29. The number of benzene rings is 1. The van der Waals surface area contributed by atoms with E-state index in [1.807, 2.05) is 32.0 Å². The van der Waals surface area contributed by atoms with Crippen LogP contribution in [0, 0.1) is 0 Å². The summed E-state index contributed by atoms with van der Waals surface area (Å²) in [7, 11) is 1.65. The van der Waals surface area contributed by atoms with Gasteiger partial charge in [-0.2, -0.15) is 0 Å². The minimum Gasteiger partial charge on any atom is -0.371 e. The Kier molecular flexibility index (Phi) is 3.74. The van der Waals surface area contributed by atoms with E-state index < -0.39 is 17.7 Å². The standard InChI is InChI=1S/C18H24O5/c1-17(2)22-15-16(19-3)21-14-13(9-10-18(14,15)23-17)20-11-12-7-5-4-6-8-12/h4-8,13-16H,9-11H2,1-3H3/t13-,14-,15+,16?,18-/m1/s1. The summed E-state index contributed by atoms with van der Waals surface area (Å²) in [5.74, 6) is -0.613. The zero-order chi connectivity index (χ0) is 16.1. The van der Waals surface area contributed by atoms with Crippen LogP contribution < -0.4 is 0 Å². The fraction of sp³-hybridized carbons (Fsp3) is 0.667. The van der Waals surface area contributed by atoms with Gasteiger partial charge in [0.1, 0.15) is 17.8 Å². The van der Waals surface area contributed by atoms with Crippen molar-refractivity contribution in [1.82, 2.24) is 0 Å². The molecule has 1 aromatic carbocycles. The molecule has 0 N–H and O–H groups in total. The van der Waals surface area contributed by atoms with Gasteiger partial charge in [0.05, 0.1) is 12.7 Å². The van der Waals surface area contributed by atoms with Gasteiger partial charge in [-0.1, -0.05) is 30.3 Å². The van der Waals surface area contributed by atoms with Gasteiger partial charge in [0, 0.05) is 7.11 Å². The first-order chi connectivity index (χ1) is 11.0. The van der Waals surface area contributed by atoms with Gasteiger partial charge in [0.2, 0.25) is 0 Å². The second-order valence-electron chi connectivity index (χ2n) is 7.03. The largest absolute Gasteiger partial charge is 0.371 e. The highest BCUT2D eigenvalue weighted by molar-refractivity contribution is 5.16. The zero-order valence-electron chi connectivity index (χ0n) is 13.9. The monoisotopic (exact) mass is 320 g/mol. The van der Waals surface area contributed by atoms with Crippen LogP contribution in [0.15, 0.2) is 30.3 Å². The smallest absolute Gasteiger partial charge is 0.187 e. The van der Waals surface area contributed by atoms with Gasteiger partial charge in [-0.15, -0.1) is 0 Å². The van der Waals surface area contributed by atoms with Crippen molar-refractivity contribution >= 4 is 0 Å². The quantitative estimate of drug-likeness (QED) is 0.853. The summed E-state index contributed by atoms with van der Waals surface area (Å²) >= 11 is 0. The van der Waals surface area contributed by atoms with Gasteiger partial charge in [-0.25, -0.2) is 0 Å². The van der Waals surface area contributed by atoms with E-state index in [0.717, 1.165) is 18.4 Å². The summed E-state index contributed by atoms with van der Waals surface area (Å²) in [5, 5.41) is 0. The number of ether oxygens (including phenoxy) is 5. The van der Waals surface area contributed by atoms with E-state index >= 15 is 0 Å². The molecule has 0 bridgehead atoms. The second-order valence-corrected chi connectivity index (χ2v) is 7.03. The highest BCUT2D eigenvalue weighted by Gasteiger charge is 2.70. The Bertz CT molecular complexity index is 560. The fourth-order valence-corrected chi connectivity index (χ4v) is 4.17. The number of methoxy groups -OCH3 is 1. The summed E-state index contributed by atoms with van der Waals surface area (Å²) in [5.41, 5.74) is 0.709. The summed E-state index contributed by atoms with van der Waals surface area (Å²) < 4.78 is 30.1. The lowest BCUT2D eigenvalue weighted by molar-refractivity contribution is -0.243. The molecule has 1 saturated carbocycles. The van der Waals surface area contributed by atoms with E-state index in [0.29, 0.717) is 6.61 Å². The van der Waals surface area contributed by atoms with Gasteiger partial charge in [0.25, 0.3) is 0 Å². The predicted octanol–water partition coefficient (Wildman–Crippen LogP) is 2.63.